The Hall–Kier alpha value is -1.60. The van der Waals surface area contributed by atoms with Crippen molar-refractivity contribution in [3.05, 3.63) is 24.3 Å². The van der Waals surface area contributed by atoms with Crippen molar-refractivity contribution in [3.8, 4) is 0 Å². The summed E-state index contributed by atoms with van der Waals surface area (Å²) >= 11 is 0. The number of amides is 2. The third-order valence-electron chi connectivity index (χ3n) is 2.64. The lowest BCUT2D eigenvalue weighted by Gasteiger charge is -2.10. The minimum atomic E-state index is -3.47. The van der Waals surface area contributed by atoms with Crippen molar-refractivity contribution in [1.29, 1.82) is 0 Å². The zero-order chi connectivity index (χ0) is 15.9. The van der Waals surface area contributed by atoms with Crippen LogP contribution in [0.4, 0.5) is 10.5 Å². The van der Waals surface area contributed by atoms with E-state index >= 15 is 0 Å². The highest BCUT2D eigenvalue weighted by Crippen LogP contribution is 2.13. The van der Waals surface area contributed by atoms with Crippen molar-refractivity contribution in [2.45, 2.75) is 32.1 Å². The fraction of sp³-hybridized carbons (Fsp3) is 0.500. The van der Waals surface area contributed by atoms with Crippen LogP contribution in [0.2, 0.25) is 0 Å². The number of sulfonamides is 1. The number of carbonyl (C=O) groups excluding carboxylic acids is 1. The summed E-state index contributed by atoms with van der Waals surface area (Å²) in [6.07, 6.45) is 0.731. The molecular formula is C14H23N3O3S. The summed E-state index contributed by atoms with van der Waals surface area (Å²) in [7, 11) is -3.47. The third-order valence-corrected chi connectivity index (χ3v) is 4.11. The van der Waals surface area contributed by atoms with E-state index in [9.17, 15) is 13.2 Å². The average molecular weight is 313 g/mol. The van der Waals surface area contributed by atoms with Gasteiger partial charge in [0.2, 0.25) is 10.0 Å². The maximum Gasteiger partial charge on any atom is 0.319 e. The minimum absolute atomic E-state index is 0.184. The summed E-state index contributed by atoms with van der Waals surface area (Å²) in [5.41, 5.74) is 0.547. The largest absolute Gasteiger partial charge is 0.338 e. The van der Waals surface area contributed by atoms with E-state index in [0.29, 0.717) is 24.7 Å². The lowest BCUT2D eigenvalue weighted by Crippen LogP contribution is -2.31. The van der Waals surface area contributed by atoms with Gasteiger partial charge in [-0.3, -0.25) is 0 Å². The molecule has 0 spiro atoms. The molecule has 0 bridgehead atoms. The van der Waals surface area contributed by atoms with Crippen LogP contribution in [-0.4, -0.2) is 27.5 Å². The van der Waals surface area contributed by atoms with Crippen LogP contribution >= 0.6 is 0 Å². The van der Waals surface area contributed by atoms with Crippen LogP contribution in [-0.2, 0) is 10.0 Å². The SMILES string of the molecule is CCCNS(=O)(=O)c1ccc(NC(=O)NCC(C)C)cc1. The zero-order valence-corrected chi connectivity index (χ0v) is 13.5. The maximum atomic E-state index is 11.9. The highest BCUT2D eigenvalue weighted by molar-refractivity contribution is 7.89. The van der Waals surface area contributed by atoms with Crippen LogP contribution in [0.5, 0.6) is 0 Å². The average Bonchev–Trinajstić information content (AvgIpc) is 2.43. The van der Waals surface area contributed by atoms with E-state index in [0.717, 1.165) is 6.42 Å². The van der Waals surface area contributed by atoms with E-state index in [1.165, 1.54) is 12.1 Å². The summed E-state index contributed by atoms with van der Waals surface area (Å²) < 4.78 is 26.3. The number of carbonyl (C=O) groups is 1. The first-order chi connectivity index (χ1) is 9.85. The van der Waals surface area contributed by atoms with Crippen LogP contribution in [0.15, 0.2) is 29.2 Å². The first-order valence-electron chi connectivity index (χ1n) is 6.99. The van der Waals surface area contributed by atoms with Crippen LogP contribution in [0, 0.1) is 5.92 Å². The molecular weight excluding hydrogens is 290 g/mol. The quantitative estimate of drug-likeness (QED) is 0.721. The second kappa shape index (κ2) is 7.99. The molecule has 0 radical (unpaired) electrons. The van der Waals surface area contributed by atoms with E-state index in [4.69, 9.17) is 0 Å². The Morgan fingerprint density at radius 2 is 1.81 bits per heavy atom. The highest BCUT2D eigenvalue weighted by Gasteiger charge is 2.12. The number of hydrogen-bond donors (Lipinski definition) is 3. The fourth-order valence-corrected chi connectivity index (χ4v) is 2.64. The van der Waals surface area contributed by atoms with Gasteiger partial charge in [-0.05, 0) is 36.6 Å². The predicted molar refractivity (Wildman–Crippen MR) is 83.8 cm³/mol. The van der Waals surface area contributed by atoms with Crippen molar-refractivity contribution in [1.82, 2.24) is 10.0 Å². The van der Waals surface area contributed by atoms with Gasteiger partial charge in [-0.2, -0.15) is 0 Å². The summed E-state index contributed by atoms with van der Waals surface area (Å²) in [5, 5.41) is 5.38. The molecule has 2 amide bonds. The van der Waals surface area contributed by atoms with Crippen LogP contribution in [0.1, 0.15) is 27.2 Å². The Labute approximate surface area is 126 Å². The molecule has 1 aromatic carbocycles. The van der Waals surface area contributed by atoms with Crippen LogP contribution < -0.4 is 15.4 Å². The molecule has 0 saturated carbocycles. The van der Waals surface area contributed by atoms with E-state index in [1.54, 1.807) is 12.1 Å². The molecule has 118 valence electrons. The zero-order valence-electron chi connectivity index (χ0n) is 12.6. The summed E-state index contributed by atoms with van der Waals surface area (Å²) in [4.78, 5) is 11.8. The van der Waals surface area contributed by atoms with Crippen molar-refractivity contribution in [2.24, 2.45) is 5.92 Å². The van der Waals surface area contributed by atoms with Gasteiger partial charge in [0.1, 0.15) is 0 Å². The van der Waals surface area contributed by atoms with Crippen molar-refractivity contribution in [2.75, 3.05) is 18.4 Å². The van der Waals surface area contributed by atoms with Crippen LogP contribution in [0.25, 0.3) is 0 Å². The van der Waals surface area contributed by atoms with E-state index in [2.05, 4.69) is 15.4 Å². The van der Waals surface area contributed by atoms with Gasteiger partial charge in [0.25, 0.3) is 0 Å². The molecule has 0 atom stereocenters. The van der Waals surface area contributed by atoms with E-state index < -0.39 is 10.0 Å². The molecule has 6 nitrogen and oxygen atoms in total. The molecule has 0 aliphatic heterocycles. The Morgan fingerprint density at radius 3 is 2.33 bits per heavy atom. The number of anilines is 1. The normalized spacial score (nSPS) is 11.4. The maximum absolute atomic E-state index is 11.9. The summed E-state index contributed by atoms with van der Waals surface area (Å²) in [6.45, 7) is 6.89. The first kappa shape index (κ1) is 17.5. The van der Waals surface area contributed by atoms with Crippen molar-refractivity contribution >= 4 is 21.7 Å². The van der Waals surface area contributed by atoms with Gasteiger partial charge in [-0.15, -0.1) is 0 Å². The third kappa shape index (κ3) is 6.14. The van der Waals surface area contributed by atoms with Gasteiger partial charge in [0, 0.05) is 18.8 Å². The number of nitrogens with one attached hydrogen (secondary N) is 3. The molecule has 0 aliphatic carbocycles. The van der Waals surface area contributed by atoms with Crippen molar-refractivity contribution < 1.29 is 13.2 Å². The lowest BCUT2D eigenvalue weighted by atomic mass is 10.2. The van der Waals surface area contributed by atoms with E-state index in [1.807, 2.05) is 20.8 Å². The minimum Gasteiger partial charge on any atom is -0.338 e. The molecule has 1 aromatic rings. The number of urea groups is 1. The molecule has 7 heteroatoms. The summed E-state index contributed by atoms with van der Waals surface area (Å²) in [5.74, 6) is 0.368. The molecule has 3 N–H and O–H groups in total. The number of benzene rings is 1. The Morgan fingerprint density at radius 1 is 1.19 bits per heavy atom. The Kier molecular flexibility index (Phi) is 6.64. The molecule has 0 aliphatic rings. The standard InChI is InChI=1S/C14H23N3O3S/c1-4-9-16-21(19,20)13-7-5-12(6-8-13)17-14(18)15-10-11(2)3/h5-8,11,16H,4,9-10H2,1-3H3,(H2,15,17,18). The predicted octanol–water partition coefficient (Wildman–Crippen LogP) is 2.15. The second-order valence-electron chi connectivity index (χ2n) is 5.15. The van der Waals surface area contributed by atoms with E-state index in [-0.39, 0.29) is 10.9 Å². The van der Waals surface area contributed by atoms with Crippen LogP contribution in [0.3, 0.4) is 0 Å². The topological polar surface area (TPSA) is 87.3 Å². The smallest absolute Gasteiger partial charge is 0.319 e. The highest BCUT2D eigenvalue weighted by atomic mass is 32.2. The van der Waals surface area contributed by atoms with Gasteiger partial charge >= 0.3 is 6.03 Å². The molecule has 0 fully saturated rings. The van der Waals surface area contributed by atoms with Gasteiger partial charge in [-0.25, -0.2) is 17.9 Å². The molecule has 1 rings (SSSR count). The van der Waals surface area contributed by atoms with Crippen molar-refractivity contribution in [3.63, 3.8) is 0 Å². The molecule has 21 heavy (non-hydrogen) atoms. The monoisotopic (exact) mass is 313 g/mol. The molecule has 0 saturated heterocycles. The molecule has 0 unspecified atom stereocenters. The number of rotatable bonds is 7. The second-order valence-corrected chi connectivity index (χ2v) is 6.92. The number of hydrogen-bond acceptors (Lipinski definition) is 3. The lowest BCUT2D eigenvalue weighted by molar-refractivity contribution is 0.251. The van der Waals surface area contributed by atoms with Gasteiger partial charge in [0.15, 0.2) is 0 Å². The first-order valence-corrected chi connectivity index (χ1v) is 8.48. The van der Waals surface area contributed by atoms with Gasteiger partial charge < -0.3 is 10.6 Å². The molecule has 0 aromatic heterocycles. The Balaban J connectivity index is 2.64. The summed E-state index contributed by atoms with van der Waals surface area (Å²) in [6, 6.07) is 5.76. The van der Waals surface area contributed by atoms with Gasteiger partial charge in [0.05, 0.1) is 4.90 Å². The fourth-order valence-electron chi connectivity index (χ4n) is 1.51. The molecule has 0 heterocycles. The van der Waals surface area contributed by atoms with Gasteiger partial charge in [-0.1, -0.05) is 20.8 Å². The Bertz CT molecular complexity index is 553.